The first-order valence-corrected chi connectivity index (χ1v) is 7.49. The first-order chi connectivity index (χ1) is 9.15. The summed E-state index contributed by atoms with van der Waals surface area (Å²) in [4.78, 5) is 0. The lowest BCUT2D eigenvalue weighted by molar-refractivity contribution is 0.622. The van der Waals surface area contributed by atoms with Crippen molar-refractivity contribution in [2.75, 3.05) is 5.32 Å². The standard InChI is InChI=1S/C15H20BrN3/c1-4-12-6-8-13(9-7-12)17-10-14-15(16)11(3)18-19(14)5-2/h6-9,17H,4-5,10H2,1-3H3. The van der Waals surface area contributed by atoms with Gasteiger partial charge in [-0.05, 0) is 53.9 Å². The Morgan fingerprint density at radius 2 is 1.89 bits per heavy atom. The number of halogens is 1. The number of aryl methyl sites for hydroxylation is 3. The van der Waals surface area contributed by atoms with Crippen molar-refractivity contribution in [1.29, 1.82) is 0 Å². The molecule has 0 aliphatic carbocycles. The molecule has 2 rings (SSSR count). The van der Waals surface area contributed by atoms with Gasteiger partial charge in [0.25, 0.3) is 0 Å². The number of nitrogens with one attached hydrogen (secondary N) is 1. The van der Waals surface area contributed by atoms with Crippen LogP contribution in [-0.2, 0) is 19.5 Å². The quantitative estimate of drug-likeness (QED) is 0.896. The fraction of sp³-hybridized carbons (Fsp3) is 0.400. The molecular weight excluding hydrogens is 302 g/mol. The van der Waals surface area contributed by atoms with Gasteiger partial charge >= 0.3 is 0 Å². The van der Waals surface area contributed by atoms with Crippen LogP contribution >= 0.6 is 15.9 Å². The first kappa shape index (κ1) is 14.1. The molecule has 0 amide bonds. The second kappa shape index (κ2) is 6.24. The van der Waals surface area contributed by atoms with E-state index in [-0.39, 0.29) is 0 Å². The van der Waals surface area contributed by atoms with Crippen molar-refractivity contribution in [1.82, 2.24) is 9.78 Å². The minimum absolute atomic E-state index is 0.779. The van der Waals surface area contributed by atoms with E-state index in [0.717, 1.165) is 35.4 Å². The number of rotatable bonds is 5. The summed E-state index contributed by atoms with van der Waals surface area (Å²) < 4.78 is 3.14. The van der Waals surface area contributed by atoms with Crippen molar-refractivity contribution in [3.05, 3.63) is 45.7 Å². The number of hydrogen-bond donors (Lipinski definition) is 1. The molecule has 0 saturated heterocycles. The summed E-state index contributed by atoms with van der Waals surface area (Å²) in [6.07, 6.45) is 1.08. The van der Waals surface area contributed by atoms with E-state index in [1.165, 1.54) is 11.3 Å². The second-order valence-corrected chi connectivity index (χ2v) is 5.36. The monoisotopic (exact) mass is 321 g/mol. The fourth-order valence-electron chi connectivity index (χ4n) is 2.08. The predicted molar refractivity (Wildman–Crippen MR) is 83.5 cm³/mol. The van der Waals surface area contributed by atoms with Crippen molar-refractivity contribution >= 4 is 21.6 Å². The summed E-state index contributed by atoms with van der Waals surface area (Å²) in [5, 5.41) is 7.95. The fourth-order valence-corrected chi connectivity index (χ4v) is 2.51. The molecule has 1 heterocycles. The third-order valence-electron chi connectivity index (χ3n) is 3.27. The molecule has 0 radical (unpaired) electrons. The SMILES string of the molecule is CCc1ccc(NCc2c(Br)c(C)nn2CC)cc1. The largest absolute Gasteiger partial charge is 0.379 e. The lowest BCUT2D eigenvalue weighted by atomic mass is 10.1. The van der Waals surface area contributed by atoms with E-state index in [0.29, 0.717) is 0 Å². The highest BCUT2D eigenvalue weighted by molar-refractivity contribution is 9.10. The molecule has 1 N–H and O–H groups in total. The Morgan fingerprint density at radius 1 is 1.21 bits per heavy atom. The van der Waals surface area contributed by atoms with Crippen molar-refractivity contribution in [3.63, 3.8) is 0 Å². The molecule has 0 fully saturated rings. The van der Waals surface area contributed by atoms with Gasteiger partial charge in [-0.15, -0.1) is 0 Å². The topological polar surface area (TPSA) is 29.9 Å². The second-order valence-electron chi connectivity index (χ2n) is 4.57. The number of benzene rings is 1. The highest BCUT2D eigenvalue weighted by atomic mass is 79.9. The normalized spacial score (nSPS) is 10.7. The Bertz CT molecular complexity index is 543. The van der Waals surface area contributed by atoms with Crippen LogP contribution in [0, 0.1) is 6.92 Å². The van der Waals surface area contributed by atoms with Crippen molar-refractivity contribution in [2.24, 2.45) is 0 Å². The number of aromatic nitrogens is 2. The average molecular weight is 322 g/mol. The van der Waals surface area contributed by atoms with Gasteiger partial charge in [0.05, 0.1) is 22.4 Å². The first-order valence-electron chi connectivity index (χ1n) is 6.70. The van der Waals surface area contributed by atoms with Crippen LogP contribution in [-0.4, -0.2) is 9.78 Å². The smallest absolute Gasteiger partial charge is 0.0739 e. The van der Waals surface area contributed by atoms with E-state index in [4.69, 9.17) is 0 Å². The zero-order valence-electron chi connectivity index (χ0n) is 11.7. The highest BCUT2D eigenvalue weighted by Gasteiger charge is 2.11. The van der Waals surface area contributed by atoms with E-state index >= 15 is 0 Å². The summed E-state index contributed by atoms with van der Waals surface area (Å²) in [6.45, 7) is 7.97. The van der Waals surface area contributed by atoms with Gasteiger partial charge in [0.15, 0.2) is 0 Å². The summed E-state index contributed by atoms with van der Waals surface area (Å²) in [5.41, 5.74) is 4.74. The van der Waals surface area contributed by atoms with Crippen LogP contribution in [0.15, 0.2) is 28.7 Å². The Hall–Kier alpha value is -1.29. The van der Waals surface area contributed by atoms with Crippen molar-refractivity contribution in [3.8, 4) is 0 Å². The molecular formula is C15H20BrN3. The molecule has 0 saturated carbocycles. The molecule has 2 aromatic rings. The van der Waals surface area contributed by atoms with Crippen LogP contribution in [0.4, 0.5) is 5.69 Å². The summed E-state index contributed by atoms with van der Waals surface area (Å²) in [7, 11) is 0. The van der Waals surface area contributed by atoms with Crippen LogP contribution in [0.2, 0.25) is 0 Å². The van der Waals surface area contributed by atoms with Gasteiger partial charge in [0.2, 0.25) is 0 Å². The highest BCUT2D eigenvalue weighted by Crippen LogP contribution is 2.22. The molecule has 1 aromatic heterocycles. The van der Waals surface area contributed by atoms with E-state index < -0.39 is 0 Å². The lowest BCUT2D eigenvalue weighted by Crippen LogP contribution is -2.08. The molecule has 102 valence electrons. The van der Waals surface area contributed by atoms with Gasteiger partial charge in [0.1, 0.15) is 0 Å². The van der Waals surface area contributed by atoms with Crippen LogP contribution in [0.1, 0.15) is 30.8 Å². The van der Waals surface area contributed by atoms with E-state index in [1.807, 2.05) is 11.6 Å². The van der Waals surface area contributed by atoms with Crippen molar-refractivity contribution in [2.45, 2.75) is 40.3 Å². The van der Waals surface area contributed by atoms with Gasteiger partial charge in [-0.1, -0.05) is 19.1 Å². The van der Waals surface area contributed by atoms with Gasteiger partial charge < -0.3 is 5.32 Å². The maximum Gasteiger partial charge on any atom is 0.0739 e. The Balaban J connectivity index is 2.09. The van der Waals surface area contributed by atoms with E-state index in [1.54, 1.807) is 0 Å². The minimum atomic E-state index is 0.779. The molecule has 0 atom stereocenters. The van der Waals surface area contributed by atoms with Crippen LogP contribution < -0.4 is 5.32 Å². The van der Waals surface area contributed by atoms with Gasteiger partial charge in [-0.25, -0.2) is 0 Å². The molecule has 4 heteroatoms. The maximum absolute atomic E-state index is 4.50. The lowest BCUT2D eigenvalue weighted by Gasteiger charge is -2.09. The number of anilines is 1. The Morgan fingerprint density at radius 3 is 2.47 bits per heavy atom. The zero-order valence-corrected chi connectivity index (χ0v) is 13.3. The number of hydrogen-bond acceptors (Lipinski definition) is 2. The molecule has 3 nitrogen and oxygen atoms in total. The summed E-state index contributed by atoms with van der Waals surface area (Å²) in [5.74, 6) is 0. The zero-order chi connectivity index (χ0) is 13.8. The maximum atomic E-state index is 4.50. The molecule has 0 aliphatic heterocycles. The van der Waals surface area contributed by atoms with E-state index in [9.17, 15) is 0 Å². The van der Waals surface area contributed by atoms with Gasteiger partial charge in [-0.3, -0.25) is 4.68 Å². The number of nitrogens with zero attached hydrogens (tertiary/aromatic N) is 2. The summed E-state index contributed by atoms with van der Waals surface area (Å²) in [6, 6.07) is 8.60. The molecule has 0 spiro atoms. The molecule has 0 bridgehead atoms. The minimum Gasteiger partial charge on any atom is -0.379 e. The Labute approximate surface area is 123 Å². The average Bonchev–Trinajstić information content (AvgIpc) is 2.72. The van der Waals surface area contributed by atoms with Crippen LogP contribution in [0.5, 0.6) is 0 Å². The molecule has 19 heavy (non-hydrogen) atoms. The van der Waals surface area contributed by atoms with Gasteiger partial charge in [0, 0.05) is 12.2 Å². The van der Waals surface area contributed by atoms with Gasteiger partial charge in [-0.2, -0.15) is 5.10 Å². The van der Waals surface area contributed by atoms with Crippen LogP contribution in [0.25, 0.3) is 0 Å². The molecule has 1 aromatic carbocycles. The summed E-state index contributed by atoms with van der Waals surface area (Å²) >= 11 is 3.61. The van der Waals surface area contributed by atoms with Crippen molar-refractivity contribution < 1.29 is 0 Å². The molecule has 0 aliphatic rings. The Kier molecular flexibility index (Phi) is 4.64. The third-order valence-corrected chi connectivity index (χ3v) is 4.31. The molecule has 0 unspecified atom stereocenters. The predicted octanol–water partition coefficient (Wildman–Crippen LogP) is 4.15. The van der Waals surface area contributed by atoms with E-state index in [2.05, 4.69) is 64.5 Å². The third kappa shape index (κ3) is 3.18. The van der Waals surface area contributed by atoms with Crippen LogP contribution in [0.3, 0.4) is 0 Å².